The Bertz CT molecular complexity index is 889. The number of benzene rings is 1. The molecule has 1 N–H and O–H groups in total. The number of nitrogens with one attached hydrogen (secondary N) is 1. The molecule has 6 nitrogen and oxygen atoms in total. The molecule has 3 heterocycles. The molecule has 0 aliphatic carbocycles. The van der Waals surface area contributed by atoms with Crippen LogP contribution in [0, 0.1) is 6.92 Å². The highest BCUT2D eigenvalue weighted by Gasteiger charge is 2.24. The average Bonchev–Trinajstić information content (AvgIpc) is 3.14. The minimum Gasteiger partial charge on any atom is -0.384 e. The van der Waals surface area contributed by atoms with Crippen molar-refractivity contribution in [1.82, 2.24) is 24.8 Å². The van der Waals surface area contributed by atoms with E-state index in [-0.39, 0.29) is 0 Å². The molecule has 1 fully saturated rings. The number of aromatic nitrogens is 4. The molecule has 27 heavy (non-hydrogen) atoms. The first kappa shape index (κ1) is 18.1. The Morgan fingerprint density at radius 3 is 2.89 bits per heavy atom. The fraction of sp³-hybridized carbons (Fsp3) is 0.476. The van der Waals surface area contributed by atoms with E-state index in [4.69, 9.17) is 9.72 Å². The molecule has 0 unspecified atom stereocenters. The van der Waals surface area contributed by atoms with Crippen molar-refractivity contribution in [3.8, 4) is 0 Å². The molecule has 1 atom stereocenters. The third kappa shape index (κ3) is 4.17. The van der Waals surface area contributed by atoms with E-state index in [9.17, 15) is 0 Å². The lowest BCUT2D eigenvalue weighted by Gasteiger charge is -2.31. The molecular formula is C21H27N5O. The number of hydrogen-bond acceptors (Lipinski definition) is 5. The van der Waals surface area contributed by atoms with Gasteiger partial charge in [-0.25, -0.2) is 15.0 Å². The second-order valence-corrected chi connectivity index (χ2v) is 7.42. The maximum Gasteiger partial charge on any atom is 0.130 e. The van der Waals surface area contributed by atoms with Crippen molar-refractivity contribution in [1.29, 1.82) is 0 Å². The minimum atomic E-state index is 0.451. The number of hydrogen-bond donors (Lipinski definition) is 1. The molecule has 0 saturated carbocycles. The van der Waals surface area contributed by atoms with E-state index in [1.807, 2.05) is 12.4 Å². The van der Waals surface area contributed by atoms with Gasteiger partial charge in [-0.2, -0.15) is 0 Å². The van der Waals surface area contributed by atoms with Gasteiger partial charge in [-0.1, -0.05) is 12.1 Å². The number of aryl methyl sites for hydroxylation is 1. The number of H-pyrrole nitrogens is 1. The number of fused-ring (bicyclic) bond motifs is 1. The summed E-state index contributed by atoms with van der Waals surface area (Å²) in [5.74, 6) is 2.41. The summed E-state index contributed by atoms with van der Waals surface area (Å²) in [5.41, 5.74) is 4.64. The maximum absolute atomic E-state index is 5.08. The zero-order valence-corrected chi connectivity index (χ0v) is 16.1. The number of likely N-dealkylation sites (tertiary alicyclic amines) is 1. The molecule has 1 aliphatic rings. The molecule has 4 rings (SSSR count). The van der Waals surface area contributed by atoms with Gasteiger partial charge in [-0.05, 0) is 37.9 Å². The van der Waals surface area contributed by atoms with Gasteiger partial charge in [0.2, 0.25) is 0 Å². The summed E-state index contributed by atoms with van der Waals surface area (Å²) in [6.07, 6.45) is 7.03. The van der Waals surface area contributed by atoms with E-state index in [0.29, 0.717) is 12.5 Å². The van der Waals surface area contributed by atoms with Crippen LogP contribution in [0.4, 0.5) is 0 Å². The predicted molar refractivity (Wildman–Crippen MR) is 106 cm³/mol. The monoisotopic (exact) mass is 365 g/mol. The molecule has 1 saturated heterocycles. The van der Waals surface area contributed by atoms with Crippen LogP contribution in [0.1, 0.15) is 41.5 Å². The summed E-state index contributed by atoms with van der Waals surface area (Å²) in [7, 11) is 1.70. The Morgan fingerprint density at radius 1 is 1.26 bits per heavy atom. The van der Waals surface area contributed by atoms with Crippen molar-refractivity contribution in [2.45, 2.75) is 38.6 Å². The van der Waals surface area contributed by atoms with Gasteiger partial charge in [0.25, 0.3) is 0 Å². The van der Waals surface area contributed by atoms with Crippen LogP contribution in [0.25, 0.3) is 11.0 Å². The summed E-state index contributed by atoms with van der Waals surface area (Å²) in [6, 6.07) is 6.32. The second-order valence-electron chi connectivity index (χ2n) is 7.42. The highest BCUT2D eigenvalue weighted by Crippen LogP contribution is 2.28. The van der Waals surface area contributed by atoms with Crippen molar-refractivity contribution >= 4 is 11.0 Å². The number of nitrogens with zero attached hydrogens (tertiary/aromatic N) is 4. The first-order chi connectivity index (χ1) is 13.2. The molecule has 6 heteroatoms. The number of methoxy groups -OCH3 is 1. The highest BCUT2D eigenvalue weighted by molar-refractivity contribution is 5.78. The number of piperidine rings is 1. The molecule has 0 radical (unpaired) electrons. The summed E-state index contributed by atoms with van der Waals surface area (Å²) >= 11 is 0. The van der Waals surface area contributed by atoms with Crippen LogP contribution in [0.3, 0.4) is 0 Å². The quantitative estimate of drug-likeness (QED) is 0.726. The van der Waals surface area contributed by atoms with Crippen molar-refractivity contribution in [2.75, 3.05) is 26.8 Å². The molecule has 0 spiro atoms. The lowest BCUT2D eigenvalue weighted by atomic mass is 9.97. The van der Waals surface area contributed by atoms with Crippen LogP contribution in [-0.4, -0.2) is 51.6 Å². The molecule has 0 bridgehead atoms. The van der Waals surface area contributed by atoms with Crippen LogP contribution >= 0.6 is 0 Å². The Morgan fingerprint density at radius 2 is 2.11 bits per heavy atom. The molecule has 3 aromatic rings. The fourth-order valence-corrected chi connectivity index (χ4v) is 3.85. The predicted octanol–water partition coefficient (Wildman–Crippen LogP) is 3.23. The zero-order valence-electron chi connectivity index (χ0n) is 16.1. The smallest absolute Gasteiger partial charge is 0.130 e. The van der Waals surface area contributed by atoms with Crippen LogP contribution in [0.5, 0.6) is 0 Å². The van der Waals surface area contributed by atoms with Gasteiger partial charge < -0.3 is 9.72 Å². The van der Waals surface area contributed by atoms with Gasteiger partial charge in [0.15, 0.2) is 0 Å². The third-order valence-corrected chi connectivity index (χ3v) is 5.32. The highest BCUT2D eigenvalue weighted by atomic mass is 16.5. The van der Waals surface area contributed by atoms with Gasteiger partial charge in [-0.3, -0.25) is 4.90 Å². The first-order valence-electron chi connectivity index (χ1n) is 9.69. The lowest BCUT2D eigenvalue weighted by molar-refractivity contribution is 0.196. The number of para-hydroxylation sites is 1. The molecule has 0 amide bonds. The van der Waals surface area contributed by atoms with Crippen molar-refractivity contribution in [2.24, 2.45) is 0 Å². The summed E-state index contributed by atoms with van der Waals surface area (Å²) in [5, 5.41) is 0. The Balaban J connectivity index is 1.42. The number of aromatic amines is 1. The normalized spacial score (nSPS) is 18.2. The first-order valence-corrected chi connectivity index (χ1v) is 9.69. The van der Waals surface area contributed by atoms with E-state index < -0.39 is 0 Å². The Kier molecular flexibility index (Phi) is 5.45. The van der Waals surface area contributed by atoms with Crippen LogP contribution < -0.4 is 0 Å². The maximum atomic E-state index is 5.08. The van der Waals surface area contributed by atoms with Crippen LogP contribution in [-0.2, 0) is 17.7 Å². The number of rotatable bonds is 6. The van der Waals surface area contributed by atoms with Crippen LogP contribution in [0.15, 0.2) is 30.6 Å². The Hall–Kier alpha value is -2.31. The Labute approximate surface area is 160 Å². The molecule has 1 aliphatic heterocycles. The molecular weight excluding hydrogens is 338 g/mol. The molecule has 2 aromatic heterocycles. The fourth-order valence-electron chi connectivity index (χ4n) is 3.85. The van der Waals surface area contributed by atoms with Gasteiger partial charge >= 0.3 is 0 Å². The van der Waals surface area contributed by atoms with E-state index in [1.165, 1.54) is 18.4 Å². The zero-order chi connectivity index (χ0) is 18.6. The molecule has 142 valence electrons. The summed E-state index contributed by atoms with van der Waals surface area (Å²) in [6.45, 7) is 5.80. The van der Waals surface area contributed by atoms with E-state index in [0.717, 1.165) is 54.3 Å². The largest absolute Gasteiger partial charge is 0.384 e. The number of imidazole rings is 1. The topological polar surface area (TPSA) is 66.9 Å². The lowest BCUT2D eigenvalue weighted by Crippen LogP contribution is -2.34. The average molecular weight is 365 g/mol. The third-order valence-electron chi connectivity index (χ3n) is 5.32. The standard InChI is InChI=1S/C21H27N5O/c1-15-5-3-7-18-20(15)25-21(24-18)17-6-4-9-26(14-17)13-16-11-22-19(23-12-16)8-10-27-2/h3,5,7,11-12,17H,4,6,8-10,13-14H2,1-2H3,(H,24,25)/t17-/m0/s1. The SMILES string of the molecule is COCCc1ncc(CN2CCC[C@H](c3nc4c(C)cccc4[nH]3)C2)cn1. The second kappa shape index (κ2) is 8.15. The molecule has 1 aromatic carbocycles. The van der Waals surface area contributed by atoms with Crippen LogP contribution in [0.2, 0.25) is 0 Å². The number of ether oxygens (including phenoxy) is 1. The van der Waals surface area contributed by atoms with E-state index in [1.54, 1.807) is 7.11 Å². The summed E-state index contributed by atoms with van der Waals surface area (Å²) < 4.78 is 5.08. The van der Waals surface area contributed by atoms with E-state index in [2.05, 4.69) is 45.0 Å². The van der Waals surface area contributed by atoms with Crippen molar-refractivity contribution in [3.63, 3.8) is 0 Å². The van der Waals surface area contributed by atoms with Gasteiger partial charge in [0.05, 0.1) is 17.6 Å². The van der Waals surface area contributed by atoms with Gasteiger partial charge in [-0.15, -0.1) is 0 Å². The van der Waals surface area contributed by atoms with Gasteiger partial charge in [0.1, 0.15) is 11.6 Å². The van der Waals surface area contributed by atoms with Crippen molar-refractivity contribution in [3.05, 3.63) is 53.4 Å². The van der Waals surface area contributed by atoms with E-state index >= 15 is 0 Å². The van der Waals surface area contributed by atoms with Gasteiger partial charge in [0, 0.05) is 50.5 Å². The van der Waals surface area contributed by atoms with Crippen molar-refractivity contribution < 1.29 is 4.74 Å². The minimum absolute atomic E-state index is 0.451. The summed E-state index contributed by atoms with van der Waals surface area (Å²) in [4.78, 5) is 19.9.